The van der Waals surface area contributed by atoms with Crippen LogP contribution in [0.4, 0.5) is 34.4 Å². The van der Waals surface area contributed by atoms with E-state index in [9.17, 15) is 20.2 Å². The number of ether oxygens (including phenoxy) is 1. The number of nitrogens with one attached hydrogen (secondary N) is 2. The lowest BCUT2D eigenvalue weighted by Gasteiger charge is -2.10. The van der Waals surface area contributed by atoms with Crippen molar-refractivity contribution in [2.24, 2.45) is 0 Å². The molecule has 3 rings (SSSR count). The Bertz CT molecular complexity index is 1040. The van der Waals surface area contributed by atoms with Crippen molar-refractivity contribution in [2.45, 2.75) is 0 Å². The number of rotatable bonds is 7. The lowest BCUT2D eigenvalue weighted by molar-refractivity contribution is -0.384. The van der Waals surface area contributed by atoms with Gasteiger partial charge in [0, 0.05) is 29.6 Å². The van der Waals surface area contributed by atoms with Gasteiger partial charge in [-0.05, 0) is 18.2 Å². The van der Waals surface area contributed by atoms with Gasteiger partial charge in [0.25, 0.3) is 5.69 Å². The molecule has 0 aliphatic rings. The fourth-order valence-electron chi connectivity index (χ4n) is 2.41. The predicted molar refractivity (Wildman–Crippen MR) is 101 cm³/mol. The van der Waals surface area contributed by atoms with Crippen molar-refractivity contribution in [3.8, 4) is 5.75 Å². The Morgan fingerprint density at radius 2 is 1.50 bits per heavy atom. The minimum atomic E-state index is -0.637. The second kappa shape index (κ2) is 7.95. The first kappa shape index (κ1) is 18.5. The second-order valence-electron chi connectivity index (χ2n) is 5.47. The Balaban J connectivity index is 1.96. The maximum Gasteiger partial charge on any atom is 0.353 e. The van der Waals surface area contributed by atoms with Gasteiger partial charge in [-0.3, -0.25) is 20.2 Å². The number of hydrogen-bond donors (Lipinski definition) is 2. The second-order valence-corrected chi connectivity index (χ2v) is 5.47. The summed E-state index contributed by atoms with van der Waals surface area (Å²) in [7, 11) is 1.51. The van der Waals surface area contributed by atoms with Gasteiger partial charge in [0.1, 0.15) is 12.1 Å². The highest BCUT2D eigenvalue weighted by Crippen LogP contribution is 2.34. The summed E-state index contributed by atoms with van der Waals surface area (Å²) in [5, 5.41) is 28.1. The van der Waals surface area contributed by atoms with Crippen LogP contribution in [0, 0.1) is 20.2 Å². The maximum absolute atomic E-state index is 11.6. The molecule has 0 saturated heterocycles. The van der Waals surface area contributed by atoms with E-state index in [0.29, 0.717) is 11.4 Å². The van der Waals surface area contributed by atoms with Crippen molar-refractivity contribution in [1.82, 2.24) is 9.97 Å². The van der Waals surface area contributed by atoms with E-state index < -0.39 is 15.5 Å². The van der Waals surface area contributed by atoms with E-state index in [1.807, 2.05) is 0 Å². The quantitative estimate of drug-likeness (QED) is 0.460. The number of nitro groups is 2. The van der Waals surface area contributed by atoms with Crippen molar-refractivity contribution in [2.75, 3.05) is 17.7 Å². The third-order valence-electron chi connectivity index (χ3n) is 3.66. The van der Waals surface area contributed by atoms with Crippen LogP contribution in [0.1, 0.15) is 0 Å². The van der Waals surface area contributed by atoms with Gasteiger partial charge in [-0.2, -0.15) is 0 Å². The monoisotopic (exact) mass is 382 g/mol. The Morgan fingerprint density at radius 3 is 2.07 bits per heavy atom. The molecular formula is C17H14N6O5. The van der Waals surface area contributed by atoms with Crippen LogP contribution < -0.4 is 15.4 Å². The van der Waals surface area contributed by atoms with Gasteiger partial charge in [-0.1, -0.05) is 12.1 Å². The summed E-state index contributed by atoms with van der Waals surface area (Å²) in [4.78, 5) is 29.2. The van der Waals surface area contributed by atoms with Gasteiger partial charge in [0.2, 0.25) is 11.6 Å². The molecule has 0 aliphatic heterocycles. The number of hydrogen-bond acceptors (Lipinski definition) is 9. The first-order chi connectivity index (χ1) is 13.5. The van der Waals surface area contributed by atoms with E-state index in [0.717, 1.165) is 6.33 Å². The highest BCUT2D eigenvalue weighted by Gasteiger charge is 2.24. The summed E-state index contributed by atoms with van der Waals surface area (Å²) in [5.74, 6) is 0.420. The van der Waals surface area contributed by atoms with E-state index in [1.165, 1.54) is 31.4 Å². The normalized spacial score (nSPS) is 10.2. The van der Waals surface area contributed by atoms with Crippen LogP contribution in [0.3, 0.4) is 0 Å². The smallest absolute Gasteiger partial charge is 0.353 e. The standard InChI is InChI=1S/C17H14N6O5/c1-28-14-7-3-5-12(9-14)21-17-15(23(26)27)16(18-10-19-17)20-11-4-2-6-13(8-11)22(24)25/h2-10H,1H3,(H2,18,19,20,21). The van der Waals surface area contributed by atoms with Crippen LogP contribution in [0.5, 0.6) is 5.75 Å². The number of nitrogens with zero attached hydrogens (tertiary/aromatic N) is 4. The lowest BCUT2D eigenvalue weighted by Crippen LogP contribution is -2.05. The van der Waals surface area contributed by atoms with Crippen LogP contribution in [-0.2, 0) is 0 Å². The minimum Gasteiger partial charge on any atom is -0.497 e. The molecule has 1 aromatic heterocycles. The topological polar surface area (TPSA) is 145 Å². The number of anilines is 4. The predicted octanol–water partition coefficient (Wildman–Crippen LogP) is 3.79. The molecule has 0 amide bonds. The molecule has 0 spiro atoms. The molecule has 0 atom stereocenters. The number of methoxy groups -OCH3 is 1. The summed E-state index contributed by atoms with van der Waals surface area (Å²) in [6, 6.07) is 12.4. The summed E-state index contributed by atoms with van der Waals surface area (Å²) < 4.78 is 5.13. The molecule has 11 nitrogen and oxygen atoms in total. The first-order valence-corrected chi connectivity index (χ1v) is 7.90. The van der Waals surface area contributed by atoms with Crippen molar-refractivity contribution in [1.29, 1.82) is 0 Å². The molecule has 0 unspecified atom stereocenters. The van der Waals surface area contributed by atoms with Crippen LogP contribution in [0.25, 0.3) is 0 Å². The van der Waals surface area contributed by atoms with Gasteiger partial charge in [-0.15, -0.1) is 0 Å². The maximum atomic E-state index is 11.6. The van der Waals surface area contributed by atoms with E-state index in [4.69, 9.17) is 4.74 Å². The van der Waals surface area contributed by atoms with Gasteiger partial charge >= 0.3 is 5.69 Å². The molecule has 0 fully saturated rings. The summed E-state index contributed by atoms with van der Waals surface area (Å²) >= 11 is 0. The van der Waals surface area contributed by atoms with Gasteiger partial charge in [-0.25, -0.2) is 9.97 Å². The third kappa shape index (κ3) is 4.09. The molecule has 0 aliphatic carbocycles. The molecule has 28 heavy (non-hydrogen) atoms. The van der Waals surface area contributed by atoms with Gasteiger partial charge in [0.05, 0.1) is 17.0 Å². The Morgan fingerprint density at radius 1 is 0.893 bits per heavy atom. The van der Waals surface area contributed by atoms with Crippen molar-refractivity contribution >= 4 is 34.4 Å². The zero-order chi connectivity index (χ0) is 20.1. The molecule has 3 aromatic rings. The first-order valence-electron chi connectivity index (χ1n) is 7.90. The van der Waals surface area contributed by atoms with Crippen LogP contribution in [0.2, 0.25) is 0 Å². The lowest BCUT2D eigenvalue weighted by atomic mass is 10.2. The Kier molecular flexibility index (Phi) is 5.25. The van der Waals surface area contributed by atoms with Crippen molar-refractivity contribution in [3.63, 3.8) is 0 Å². The van der Waals surface area contributed by atoms with E-state index in [-0.39, 0.29) is 23.0 Å². The molecule has 1 heterocycles. The molecule has 11 heteroatoms. The average Bonchev–Trinajstić information content (AvgIpc) is 2.68. The molecule has 0 saturated carbocycles. The fourth-order valence-corrected chi connectivity index (χ4v) is 2.41. The highest BCUT2D eigenvalue weighted by molar-refractivity contribution is 5.77. The Labute approximate surface area is 158 Å². The van der Waals surface area contributed by atoms with Crippen LogP contribution >= 0.6 is 0 Å². The number of nitro benzene ring substituents is 1. The number of aromatic nitrogens is 2. The van der Waals surface area contributed by atoms with E-state index >= 15 is 0 Å². The van der Waals surface area contributed by atoms with Gasteiger partial charge in [0.15, 0.2) is 0 Å². The largest absolute Gasteiger partial charge is 0.497 e. The SMILES string of the molecule is COc1cccc(Nc2ncnc(Nc3cccc([N+](=O)[O-])c3)c2[N+](=O)[O-])c1. The molecular weight excluding hydrogens is 368 g/mol. The molecule has 2 N–H and O–H groups in total. The molecule has 0 bridgehead atoms. The minimum absolute atomic E-state index is 0.0406. The molecule has 2 aromatic carbocycles. The highest BCUT2D eigenvalue weighted by atomic mass is 16.6. The summed E-state index contributed by atoms with van der Waals surface area (Å²) in [6.45, 7) is 0. The van der Waals surface area contributed by atoms with E-state index in [1.54, 1.807) is 24.3 Å². The summed E-state index contributed by atoms with van der Waals surface area (Å²) in [6.07, 6.45) is 1.15. The van der Waals surface area contributed by atoms with Crippen LogP contribution in [0.15, 0.2) is 54.9 Å². The Hall–Kier alpha value is -4.28. The molecule has 0 radical (unpaired) electrons. The van der Waals surface area contributed by atoms with Crippen molar-refractivity contribution in [3.05, 3.63) is 75.1 Å². The van der Waals surface area contributed by atoms with Gasteiger partial charge < -0.3 is 15.4 Å². The zero-order valence-corrected chi connectivity index (χ0v) is 14.5. The number of benzene rings is 2. The third-order valence-corrected chi connectivity index (χ3v) is 3.66. The zero-order valence-electron chi connectivity index (χ0n) is 14.5. The average molecular weight is 382 g/mol. The van der Waals surface area contributed by atoms with Crippen LogP contribution in [-0.4, -0.2) is 26.9 Å². The molecule has 142 valence electrons. The van der Waals surface area contributed by atoms with E-state index in [2.05, 4.69) is 20.6 Å². The summed E-state index contributed by atoms with van der Waals surface area (Å²) in [5.41, 5.74) is 0.249. The number of non-ortho nitro benzene ring substituents is 1. The fraction of sp³-hybridized carbons (Fsp3) is 0.0588. The van der Waals surface area contributed by atoms with Crippen molar-refractivity contribution < 1.29 is 14.6 Å².